The van der Waals surface area contributed by atoms with E-state index in [0.717, 1.165) is 39.2 Å². The van der Waals surface area contributed by atoms with E-state index in [1.54, 1.807) is 25.6 Å². The molecule has 1 aromatic carbocycles. The Balaban J connectivity index is 1.61. The van der Waals surface area contributed by atoms with Crippen LogP contribution < -0.4 is 9.47 Å². The molecule has 1 amide bonds. The minimum absolute atomic E-state index is 0.0894. The van der Waals surface area contributed by atoms with Crippen molar-refractivity contribution in [1.82, 2.24) is 9.88 Å². The van der Waals surface area contributed by atoms with Crippen molar-refractivity contribution in [2.45, 2.75) is 19.9 Å². The van der Waals surface area contributed by atoms with Crippen molar-refractivity contribution in [3.8, 4) is 22.6 Å². The third-order valence-corrected chi connectivity index (χ3v) is 5.88. The van der Waals surface area contributed by atoms with Gasteiger partial charge in [0.05, 0.1) is 19.8 Å². The summed E-state index contributed by atoms with van der Waals surface area (Å²) >= 11 is 1.61. The van der Waals surface area contributed by atoms with Crippen LogP contribution in [0.15, 0.2) is 41.9 Å². The lowest BCUT2D eigenvalue weighted by atomic mass is 9.99. The SMILES string of the molecule is COc1ccc(-c2cnc3c(c2)CN(C(=O)c2csc(C)c2)CC3)cc1OC. The predicted molar refractivity (Wildman–Crippen MR) is 110 cm³/mol. The highest BCUT2D eigenvalue weighted by Gasteiger charge is 2.23. The Bertz CT molecular complexity index is 1030. The van der Waals surface area contributed by atoms with E-state index in [2.05, 4.69) is 11.1 Å². The number of ether oxygens (including phenoxy) is 2. The lowest BCUT2D eigenvalue weighted by Gasteiger charge is -2.28. The van der Waals surface area contributed by atoms with Crippen molar-refractivity contribution in [2.75, 3.05) is 20.8 Å². The van der Waals surface area contributed by atoms with Crippen molar-refractivity contribution >= 4 is 17.2 Å². The summed E-state index contributed by atoms with van der Waals surface area (Å²) in [4.78, 5) is 20.5. The normalized spacial score (nSPS) is 13.2. The molecule has 1 aliphatic rings. The highest BCUT2D eigenvalue weighted by atomic mass is 32.1. The highest BCUT2D eigenvalue weighted by Crippen LogP contribution is 2.33. The van der Waals surface area contributed by atoms with Gasteiger partial charge < -0.3 is 14.4 Å². The van der Waals surface area contributed by atoms with Crippen molar-refractivity contribution in [2.24, 2.45) is 0 Å². The van der Waals surface area contributed by atoms with E-state index >= 15 is 0 Å². The van der Waals surface area contributed by atoms with Gasteiger partial charge in [-0.1, -0.05) is 6.07 Å². The number of carbonyl (C=O) groups is 1. The van der Waals surface area contributed by atoms with Crippen LogP contribution in [-0.2, 0) is 13.0 Å². The number of aromatic nitrogens is 1. The second-order valence-electron chi connectivity index (χ2n) is 6.82. The van der Waals surface area contributed by atoms with Crippen LogP contribution in [0, 0.1) is 6.92 Å². The number of hydrogen-bond donors (Lipinski definition) is 0. The topological polar surface area (TPSA) is 51.7 Å². The van der Waals surface area contributed by atoms with E-state index in [9.17, 15) is 4.79 Å². The Morgan fingerprint density at radius 2 is 1.93 bits per heavy atom. The van der Waals surface area contributed by atoms with E-state index in [0.29, 0.717) is 24.6 Å². The molecule has 1 aliphatic heterocycles. The fourth-order valence-corrected chi connectivity index (χ4v) is 4.19. The summed E-state index contributed by atoms with van der Waals surface area (Å²) in [6.45, 7) is 3.30. The fourth-order valence-electron chi connectivity index (χ4n) is 3.51. The molecule has 0 aliphatic carbocycles. The summed E-state index contributed by atoms with van der Waals surface area (Å²) in [5.41, 5.74) is 4.94. The van der Waals surface area contributed by atoms with Gasteiger partial charge in [0.1, 0.15) is 0 Å². The molecule has 0 unspecified atom stereocenters. The molecule has 6 heteroatoms. The summed E-state index contributed by atoms with van der Waals surface area (Å²) in [6, 6.07) is 9.91. The molecule has 0 fully saturated rings. The minimum atomic E-state index is 0.0894. The van der Waals surface area contributed by atoms with Crippen molar-refractivity contribution in [3.63, 3.8) is 0 Å². The lowest BCUT2D eigenvalue weighted by molar-refractivity contribution is 0.0734. The number of benzene rings is 1. The van der Waals surface area contributed by atoms with E-state index < -0.39 is 0 Å². The number of thiophene rings is 1. The highest BCUT2D eigenvalue weighted by molar-refractivity contribution is 7.10. The smallest absolute Gasteiger partial charge is 0.255 e. The predicted octanol–water partition coefficient (Wildman–Crippen LogP) is 4.33. The lowest BCUT2D eigenvalue weighted by Crippen LogP contribution is -2.36. The molecule has 28 heavy (non-hydrogen) atoms. The summed E-state index contributed by atoms with van der Waals surface area (Å²) in [6.07, 6.45) is 2.66. The number of rotatable bonds is 4. The first-order valence-corrected chi connectivity index (χ1v) is 10.0. The summed E-state index contributed by atoms with van der Waals surface area (Å²) in [5.74, 6) is 1.47. The minimum Gasteiger partial charge on any atom is -0.493 e. The van der Waals surface area contributed by atoms with Crippen LogP contribution in [0.4, 0.5) is 0 Å². The number of carbonyl (C=O) groups excluding carboxylic acids is 1. The van der Waals surface area contributed by atoms with Gasteiger partial charge in [0, 0.05) is 47.2 Å². The van der Waals surface area contributed by atoms with Gasteiger partial charge in [0.25, 0.3) is 5.91 Å². The number of methoxy groups -OCH3 is 2. The van der Waals surface area contributed by atoms with Gasteiger partial charge in [-0.05, 0) is 42.3 Å². The van der Waals surface area contributed by atoms with Gasteiger partial charge in [-0.3, -0.25) is 9.78 Å². The molecule has 2 aromatic heterocycles. The number of nitrogens with zero attached hydrogens (tertiary/aromatic N) is 2. The Labute approximate surface area is 168 Å². The molecule has 0 radical (unpaired) electrons. The van der Waals surface area contributed by atoms with E-state index in [1.807, 2.05) is 47.7 Å². The zero-order valence-corrected chi connectivity index (χ0v) is 17.0. The molecule has 3 aromatic rings. The van der Waals surface area contributed by atoms with Crippen LogP contribution in [0.3, 0.4) is 0 Å². The fraction of sp³-hybridized carbons (Fsp3) is 0.273. The molecule has 0 atom stereocenters. The second kappa shape index (κ2) is 7.64. The zero-order valence-electron chi connectivity index (χ0n) is 16.2. The maximum Gasteiger partial charge on any atom is 0.255 e. The average Bonchev–Trinajstić information content (AvgIpc) is 3.18. The van der Waals surface area contributed by atoms with Crippen LogP contribution in [0.5, 0.6) is 11.5 Å². The molecular formula is C22H22N2O3S. The van der Waals surface area contributed by atoms with Gasteiger partial charge in [0.15, 0.2) is 11.5 Å². The molecular weight excluding hydrogens is 372 g/mol. The van der Waals surface area contributed by atoms with Gasteiger partial charge in [-0.2, -0.15) is 0 Å². The van der Waals surface area contributed by atoms with Gasteiger partial charge in [-0.15, -0.1) is 11.3 Å². The van der Waals surface area contributed by atoms with Crippen molar-refractivity contribution in [1.29, 1.82) is 0 Å². The molecule has 5 nitrogen and oxygen atoms in total. The van der Waals surface area contributed by atoms with E-state index in [4.69, 9.17) is 9.47 Å². The van der Waals surface area contributed by atoms with Crippen LogP contribution in [0.2, 0.25) is 0 Å². The van der Waals surface area contributed by atoms with Gasteiger partial charge >= 0.3 is 0 Å². The summed E-state index contributed by atoms with van der Waals surface area (Å²) in [5, 5.41) is 1.94. The molecule has 0 spiro atoms. The largest absolute Gasteiger partial charge is 0.493 e. The Hall–Kier alpha value is -2.86. The third kappa shape index (κ3) is 3.47. The number of pyridine rings is 1. The molecule has 0 saturated carbocycles. The zero-order chi connectivity index (χ0) is 19.7. The number of amides is 1. The Morgan fingerprint density at radius 1 is 1.11 bits per heavy atom. The maximum atomic E-state index is 12.8. The average molecular weight is 394 g/mol. The number of hydrogen-bond acceptors (Lipinski definition) is 5. The van der Waals surface area contributed by atoms with E-state index in [1.165, 1.54) is 0 Å². The first kappa shape index (κ1) is 18.5. The molecule has 144 valence electrons. The van der Waals surface area contributed by atoms with Crippen LogP contribution in [-0.4, -0.2) is 36.6 Å². The van der Waals surface area contributed by atoms with Gasteiger partial charge in [0.2, 0.25) is 0 Å². The molecule has 0 bridgehead atoms. The first-order valence-electron chi connectivity index (χ1n) is 9.13. The molecule has 3 heterocycles. The summed E-state index contributed by atoms with van der Waals surface area (Å²) < 4.78 is 10.7. The van der Waals surface area contributed by atoms with Gasteiger partial charge in [-0.25, -0.2) is 0 Å². The third-order valence-electron chi connectivity index (χ3n) is 5.02. The molecule has 0 saturated heterocycles. The number of fused-ring (bicyclic) bond motifs is 1. The standard InChI is InChI=1S/C22H22N2O3S/c1-14-8-18(13-28-14)22(25)24-7-6-19-17(12-24)9-16(11-23-19)15-4-5-20(26-2)21(10-15)27-3/h4-5,8-11,13H,6-7,12H2,1-3H3. The van der Waals surface area contributed by atoms with Crippen LogP contribution in [0.1, 0.15) is 26.5 Å². The summed E-state index contributed by atoms with van der Waals surface area (Å²) in [7, 11) is 3.25. The van der Waals surface area contributed by atoms with Crippen molar-refractivity contribution < 1.29 is 14.3 Å². The maximum absolute atomic E-state index is 12.8. The van der Waals surface area contributed by atoms with Crippen LogP contribution >= 0.6 is 11.3 Å². The Morgan fingerprint density at radius 3 is 2.64 bits per heavy atom. The number of aryl methyl sites for hydroxylation is 1. The second-order valence-corrected chi connectivity index (χ2v) is 7.94. The first-order chi connectivity index (χ1) is 13.6. The van der Waals surface area contributed by atoms with Crippen LogP contribution in [0.25, 0.3) is 11.1 Å². The molecule has 4 rings (SSSR count). The quantitative estimate of drug-likeness (QED) is 0.661. The monoisotopic (exact) mass is 394 g/mol. The van der Waals surface area contributed by atoms with E-state index in [-0.39, 0.29) is 5.91 Å². The van der Waals surface area contributed by atoms with Crippen molar-refractivity contribution in [3.05, 3.63) is 63.6 Å². The molecule has 0 N–H and O–H groups in total. The Kier molecular flexibility index (Phi) is 5.05.